The van der Waals surface area contributed by atoms with Crippen LogP contribution in [0, 0.1) is 19.8 Å². The van der Waals surface area contributed by atoms with Gasteiger partial charge >= 0.3 is 5.97 Å². The number of nitrogens with zero attached hydrogens (tertiary/aromatic N) is 1. The lowest BCUT2D eigenvalue weighted by Crippen LogP contribution is -2.27. The number of aromatic nitrogens is 1. The summed E-state index contributed by atoms with van der Waals surface area (Å²) >= 11 is 0. The monoisotopic (exact) mass is 456 g/mol. The number of anilines is 1. The van der Waals surface area contributed by atoms with Gasteiger partial charge in [0.1, 0.15) is 0 Å². The van der Waals surface area contributed by atoms with Crippen LogP contribution < -0.4 is 5.32 Å². The minimum atomic E-state index is -0.819. The summed E-state index contributed by atoms with van der Waals surface area (Å²) < 4.78 is 0. The zero-order chi connectivity index (χ0) is 24.1. The van der Waals surface area contributed by atoms with E-state index in [9.17, 15) is 9.59 Å². The number of hydrogen-bond acceptors (Lipinski definition) is 3. The van der Waals surface area contributed by atoms with E-state index in [1.807, 2.05) is 44.3 Å². The number of carbonyl (C=O) groups excluding carboxylic acids is 1. The van der Waals surface area contributed by atoms with Gasteiger partial charge in [0.15, 0.2) is 0 Å². The van der Waals surface area contributed by atoms with E-state index in [2.05, 4.69) is 40.6 Å². The number of carbonyl (C=O) groups is 2. The Morgan fingerprint density at radius 3 is 2.35 bits per heavy atom. The van der Waals surface area contributed by atoms with E-state index in [1.165, 1.54) is 0 Å². The van der Waals surface area contributed by atoms with Gasteiger partial charge in [0, 0.05) is 29.6 Å². The summed E-state index contributed by atoms with van der Waals surface area (Å²) in [6, 6.07) is 18.1. The van der Waals surface area contributed by atoms with Crippen LogP contribution in [0.3, 0.4) is 0 Å². The molecule has 5 nitrogen and oxygen atoms in total. The van der Waals surface area contributed by atoms with Gasteiger partial charge in [-0.15, -0.1) is 0 Å². The van der Waals surface area contributed by atoms with E-state index in [-0.39, 0.29) is 18.2 Å². The molecule has 0 unspecified atom stereocenters. The molecule has 1 saturated carbocycles. The molecule has 176 valence electrons. The normalized spacial score (nSPS) is 14.6. The van der Waals surface area contributed by atoms with Crippen LogP contribution in [-0.4, -0.2) is 22.0 Å². The summed E-state index contributed by atoms with van der Waals surface area (Å²) in [6.45, 7) is 3.92. The second-order valence-electron chi connectivity index (χ2n) is 9.31. The molecular formula is C29H32N2O3. The Bertz CT molecular complexity index is 1150. The first kappa shape index (κ1) is 23.7. The van der Waals surface area contributed by atoms with Crippen molar-refractivity contribution < 1.29 is 14.7 Å². The Morgan fingerprint density at radius 1 is 1.00 bits per heavy atom. The Hall–Kier alpha value is -3.47. The standard InChI is InChI=1S/C29H32N2O3/c1-19-10-11-25(18-30-19)22-12-14-24(15-13-22)28(23-6-3-4-7-23)29(34)31-26-9-5-8-21(20(26)2)16-17-27(32)33/h5,8-15,18,23,28H,3-4,6-7,16-17H2,1-2H3,(H,31,34)(H,32,33)/t28-/m1/s1. The van der Waals surface area contributed by atoms with Crippen molar-refractivity contribution in [3.05, 3.63) is 83.2 Å². The van der Waals surface area contributed by atoms with Crippen molar-refractivity contribution in [1.82, 2.24) is 4.98 Å². The number of amides is 1. The summed E-state index contributed by atoms with van der Waals surface area (Å²) in [7, 11) is 0. The van der Waals surface area contributed by atoms with Crippen molar-refractivity contribution in [1.29, 1.82) is 0 Å². The fourth-order valence-electron chi connectivity index (χ4n) is 4.99. The molecule has 3 aromatic rings. The van der Waals surface area contributed by atoms with Crippen molar-refractivity contribution in [2.75, 3.05) is 5.32 Å². The molecule has 34 heavy (non-hydrogen) atoms. The van der Waals surface area contributed by atoms with Gasteiger partial charge in [-0.2, -0.15) is 0 Å². The lowest BCUT2D eigenvalue weighted by Gasteiger charge is -2.24. The Kier molecular flexibility index (Phi) is 7.41. The molecule has 0 spiro atoms. The summed E-state index contributed by atoms with van der Waals surface area (Å²) in [5.74, 6) is -0.702. The molecule has 1 aliphatic carbocycles. The molecule has 1 fully saturated rings. The number of aliphatic carboxylic acids is 1. The molecule has 4 rings (SSSR count). The predicted molar refractivity (Wildman–Crippen MR) is 135 cm³/mol. The van der Waals surface area contributed by atoms with Gasteiger partial charge in [-0.1, -0.05) is 55.3 Å². The molecule has 1 heterocycles. The molecule has 0 saturated heterocycles. The highest BCUT2D eigenvalue weighted by atomic mass is 16.4. The second-order valence-corrected chi connectivity index (χ2v) is 9.31. The van der Waals surface area contributed by atoms with E-state index < -0.39 is 5.97 Å². The molecule has 1 aromatic heterocycles. The fraction of sp³-hybridized carbons (Fsp3) is 0.345. The second kappa shape index (κ2) is 10.6. The van der Waals surface area contributed by atoms with Crippen molar-refractivity contribution in [3.8, 4) is 11.1 Å². The van der Waals surface area contributed by atoms with Gasteiger partial charge in [-0.05, 0) is 73.4 Å². The van der Waals surface area contributed by atoms with Gasteiger partial charge < -0.3 is 10.4 Å². The van der Waals surface area contributed by atoms with E-state index in [1.54, 1.807) is 0 Å². The molecule has 0 radical (unpaired) electrons. The third-order valence-electron chi connectivity index (χ3n) is 6.98. The SMILES string of the molecule is Cc1ccc(-c2ccc([C@H](C(=O)Nc3cccc(CCC(=O)O)c3C)C3CCCC3)cc2)cn1. The smallest absolute Gasteiger partial charge is 0.303 e. The first-order valence-electron chi connectivity index (χ1n) is 12.1. The number of pyridine rings is 1. The minimum Gasteiger partial charge on any atom is -0.481 e. The number of carboxylic acids is 1. The van der Waals surface area contributed by atoms with Crippen LogP contribution in [0.2, 0.25) is 0 Å². The lowest BCUT2D eigenvalue weighted by atomic mass is 9.83. The maximum Gasteiger partial charge on any atom is 0.303 e. The first-order chi connectivity index (χ1) is 16.4. The van der Waals surface area contributed by atoms with E-state index in [4.69, 9.17) is 5.11 Å². The van der Waals surface area contributed by atoms with Crippen LogP contribution in [0.25, 0.3) is 11.1 Å². The third-order valence-corrected chi connectivity index (χ3v) is 6.98. The molecule has 5 heteroatoms. The minimum absolute atomic E-state index is 0.00939. The fourth-order valence-corrected chi connectivity index (χ4v) is 4.99. The highest BCUT2D eigenvalue weighted by molar-refractivity contribution is 5.97. The zero-order valence-corrected chi connectivity index (χ0v) is 19.9. The van der Waals surface area contributed by atoms with Crippen LogP contribution in [0.1, 0.15) is 60.4 Å². The van der Waals surface area contributed by atoms with Crippen molar-refractivity contribution >= 4 is 17.6 Å². The average molecular weight is 457 g/mol. The third kappa shape index (κ3) is 5.53. The van der Waals surface area contributed by atoms with Gasteiger partial charge in [-0.3, -0.25) is 14.6 Å². The molecule has 2 N–H and O–H groups in total. The van der Waals surface area contributed by atoms with Gasteiger partial charge in [-0.25, -0.2) is 0 Å². The average Bonchev–Trinajstić information content (AvgIpc) is 3.35. The number of aryl methyl sites for hydroxylation is 2. The molecule has 1 atom stereocenters. The highest BCUT2D eigenvalue weighted by Gasteiger charge is 2.32. The molecule has 1 amide bonds. The molecular weight excluding hydrogens is 424 g/mol. The first-order valence-corrected chi connectivity index (χ1v) is 12.1. The van der Waals surface area contributed by atoms with Crippen LogP contribution in [-0.2, 0) is 16.0 Å². The number of nitrogens with one attached hydrogen (secondary N) is 1. The largest absolute Gasteiger partial charge is 0.481 e. The Labute approximate surface area is 201 Å². The Morgan fingerprint density at radius 2 is 1.71 bits per heavy atom. The number of benzene rings is 2. The van der Waals surface area contributed by atoms with E-state index >= 15 is 0 Å². The molecule has 2 aromatic carbocycles. The summed E-state index contributed by atoms with van der Waals surface area (Å²) in [4.78, 5) is 29.0. The quantitative estimate of drug-likeness (QED) is 0.417. The van der Waals surface area contributed by atoms with Crippen LogP contribution >= 0.6 is 0 Å². The zero-order valence-electron chi connectivity index (χ0n) is 19.9. The lowest BCUT2D eigenvalue weighted by molar-refractivity contribution is -0.137. The van der Waals surface area contributed by atoms with Crippen LogP contribution in [0.15, 0.2) is 60.8 Å². The molecule has 0 aliphatic heterocycles. The van der Waals surface area contributed by atoms with Gasteiger partial charge in [0.05, 0.1) is 5.92 Å². The molecule has 0 bridgehead atoms. The maximum atomic E-state index is 13.6. The van der Waals surface area contributed by atoms with E-state index in [0.29, 0.717) is 12.3 Å². The van der Waals surface area contributed by atoms with Gasteiger partial charge in [0.25, 0.3) is 0 Å². The summed E-state index contributed by atoms with van der Waals surface area (Å²) in [5.41, 5.74) is 6.82. The maximum absolute atomic E-state index is 13.6. The van der Waals surface area contributed by atoms with Crippen LogP contribution in [0.4, 0.5) is 5.69 Å². The predicted octanol–water partition coefficient (Wildman–Crippen LogP) is 6.30. The highest BCUT2D eigenvalue weighted by Crippen LogP contribution is 2.39. The van der Waals surface area contributed by atoms with Crippen molar-refractivity contribution in [2.45, 2.75) is 58.3 Å². The molecule has 1 aliphatic rings. The number of rotatable bonds is 8. The summed E-state index contributed by atoms with van der Waals surface area (Å²) in [6.07, 6.45) is 6.83. The van der Waals surface area contributed by atoms with Crippen LogP contribution in [0.5, 0.6) is 0 Å². The number of hydrogen-bond donors (Lipinski definition) is 2. The van der Waals surface area contributed by atoms with Crippen molar-refractivity contribution in [2.24, 2.45) is 5.92 Å². The Balaban J connectivity index is 1.57. The van der Waals surface area contributed by atoms with E-state index in [0.717, 1.165) is 64.9 Å². The van der Waals surface area contributed by atoms with Crippen molar-refractivity contribution in [3.63, 3.8) is 0 Å². The number of carboxylic acid groups (broad SMARTS) is 1. The summed E-state index contributed by atoms with van der Waals surface area (Å²) in [5, 5.41) is 12.2. The topological polar surface area (TPSA) is 79.3 Å². The van der Waals surface area contributed by atoms with Gasteiger partial charge in [0.2, 0.25) is 5.91 Å².